The van der Waals surface area contributed by atoms with E-state index in [0.717, 1.165) is 16.9 Å². The molecule has 1 atom stereocenters. The molecule has 0 aliphatic rings. The zero-order chi connectivity index (χ0) is 12.5. The van der Waals surface area contributed by atoms with Crippen LogP contribution in [0.3, 0.4) is 0 Å². The summed E-state index contributed by atoms with van der Waals surface area (Å²) in [6.45, 7) is 6.75. The van der Waals surface area contributed by atoms with Crippen molar-refractivity contribution < 1.29 is 0 Å². The molecule has 0 bridgehead atoms. The average molecular weight is 249 g/mol. The molecule has 0 saturated carbocycles. The molecule has 17 heavy (non-hydrogen) atoms. The van der Waals surface area contributed by atoms with Crippen LogP contribution in [0.4, 0.5) is 0 Å². The first kappa shape index (κ1) is 12.5. The summed E-state index contributed by atoms with van der Waals surface area (Å²) in [6.07, 6.45) is 2.61. The van der Waals surface area contributed by atoms with Crippen molar-refractivity contribution in [3.63, 3.8) is 0 Å². The molecular weight excluding hydrogens is 230 g/mol. The van der Waals surface area contributed by atoms with E-state index in [1.165, 1.54) is 5.39 Å². The quantitative estimate of drug-likeness (QED) is 0.909. The molecule has 0 saturated heterocycles. The molecule has 2 heterocycles. The minimum Gasteiger partial charge on any atom is -0.316 e. The number of nitrogens with zero attached hydrogens (tertiary/aromatic N) is 2. The summed E-state index contributed by atoms with van der Waals surface area (Å²) in [4.78, 5) is 9.80. The van der Waals surface area contributed by atoms with Crippen LogP contribution in [-0.4, -0.2) is 23.1 Å². The van der Waals surface area contributed by atoms with Gasteiger partial charge in [0.25, 0.3) is 0 Å². The normalized spacial score (nSPS) is 14.1. The lowest BCUT2D eigenvalue weighted by atomic mass is 9.84. The fourth-order valence-electron chi connectivity index (χ4n) is 2.04. The standard InChI is InChI=1S/C13H19N3S/c1-13(2,3)11(14-4)7-10-9-5-6-17-12(9)16-8-15-10/h5-6,8,11,14H,7H2,1-4H3. The van der Waals surface area contributed by atoms with E-state index in [1.807, 2.05) is 7.05 Å². The monoisotopic (exact) mass is 249 g/mol. The Morgan fingerprint density at radius 3 is 2.76 bits per heavy atom. The van der Waals surface area contributed by atoms with Gasteiger partial charge in [-0.15, -0.1) is 11.3 Å². The van der Waals surface area contributed by atoms with Gasteiger partial charge in [0.1, 0.15) is 11.2 Å². The van der Waals surface area contributed by atoms with E-state index >= 15 is 0 Å². The summed E-state index contributed by atoms with van der Waals surface area (Å²) in [5, 5.41) is 6.66. The summed E-state index contributed by atoms with van der Waals surface area (Å²) >= 11 is 1.67. The number of thiophene rings is 1. The minimum absolute atomic E-state index is 0.224. The van der Waals surface area contributed by atoms with Gasteiger partial charge in [-0.05, 0) is 23.9 Å². The second kappa shape index (κ2) is 4.70. The molecule has 3 nitrogen and oxygen atoms in total. The molecule has 0 radical (unpaired) electrons. The molecule has 4 heteroatoms. The molecule has 1 N–H and O–H groups in total. The highest BCUT2D eigenvalue weighted by molar-refractivity contribution is 7.16. The van der Waals surface area contributed by atoms with E-state index in [-0.39, 0.29) is 5.41 Å². The Morgan fingerprint density at radius 1 is 1.35 bits per heavy atom. The van der Waals surface area contributed by atoms with Gasteiger partial charge in [-0.2, -0.15) is 0 Å². The van der Waals surface area contributed by atoms with Gasteiger partial charge < -0.3 is 5.32 Å². The van der Waals surface area contributed by atoms with Gasteiger partial charge in [-0.25, -0.2) is 9.97 Å². The van der Waals surface area contributed by atoms with Gasteiger partial charge in [0, 0.05) is 17.8 Å². The number of fused-ring (bicyclic) bond motifs is 1. The van der Waals surface area contributed by atoms with E-state index in [2.05, 4.69) is 47.5 Å². The Labute approximate surface area is 106 Å². The molecule has 0 aromatic carbocycles. The van der Waals surface area contributed by atoms with Crippen LogP contribution in [0.2, 0.25) is 0 Å². The predicted molar refractivity (Wildman–Crippen MR) is 73.4 cm³/mol. The number of rotatable bonds is 3. The molecule has 2 aromatic rings. The smallest absolute Gasteiger partial charge is 0.126 e. The first-order chi connectivity index (χ1) is 8.02. The van der Waals surface area contributed by atoms with Crippen LogP contribution in [0.25, 0.3) is 10.2 Å². The van der Waals surface area contributed by atoms with Gasteiger partial charge >= 0.3 is 0 Å². The third kappa shape index (κ3) is 2.64. The second-order valence-electron chi connectivity index (χ2n) is 5.37. The number of hydrogen-bond acceptors (Lipinski definition) is 4. The van der Waals surface area contributed by atoms with E-state index in [9.17, 15) is 0 Å². The largest absolute Gasteiger partial charge is 0.316 e. The van der Waals surface area contributed by atoms with Crippen LogP contribution in [0.5, 0.6) is 0 Å². The predicted octanol–water partition coefficient (Wildman–Crippen LogP) is 2.87. The van der Waals surface area contributed by atoms with Crippen LogP contribution in [0, 0.1) is 5.41 Å². The maximum atomic E-state index is 4.44. The van der Waals surface area contributed by atoms with Crippen LogP contribution in [-0.2, 0) is 6.42 Å². The van der Waals surface area contributed by atoms with E-state index < -0.39 is 0 Å². The molecule has 0 spiro atoms. The van der Waals surface area contributed by atoms with Gasteiger partial charge in [0.15, 0.2) is 0 Å². The highest BCUT2D eigenvalue weighted by atomic mass is 32.1. The van der Waals surface area contributed by atoms with Crippen molar-refractivity contribution in [1.29, 1.82) is 0 Å². The maximum absolute atomic E-state index is 4.44. The molecular formula is C13H19N3S. The Morgan fingerprint density at radius 2 is 2.12 bits per heavy atom. The number of hydrogen-bond donors (Lipinski definition) is 1. The summed E-state index contributed by atoms with van der Waals surface area (Å²) in [5.74, 6) is 0. The highest BCUT2D eigenvalue weighted by Crippen LogP contribution is 2.26. The van der Waals surface area contributed by atoms with E-state index in [1.54, 1.807) is 17.7 Å². The molecule has 0 aliphatic heterocycles. The lowest BCUT2D eigenvalue weighted by molar-refractivity contribution is 0.279. The van der Waals surface area contributed by atoms with Gasteiger partial charge in [0.2, 0.25) is 0 Å². The van der Waals surface area contributed by atoms with Crippen molar-refractivity contribution in [2.24, 2.45) is 5.41 Å². The first-order valence-corrected chi connectivity index (χ1v) is 6.74. The number of likely N-dealkylation sites (N-methyl/N-ethyl adjacent to an activating group) is 1. The maximum Gasteiger partial charge on any atom is 0.126 e. The Hall–Kier alpha value is -1.00. The third-order valence-electron chi connectivity index (χ3n) is 3.14. The van der Waals surface area contributed by atoms with Crippen molar-refractivity contribution in [3.05, 3.63) is 23.5 Å². The highest BCUT2D eigenvalue weighted by Gasteiger charge is 2.24. The third-order valence-corrected chi connectivity index (χ3v) is 3.96. The lowest BCUT2D eigenvalue weighted by Crippen LogP contribution is -2.40. The van der Waals surface area contributed by atoms with Crippen molar-refractivity contribution in [3.8, 4) is 0 Å². The molecule has 2 rings (SSSR count). The Kier molecular flexibility index (Phi) is 3.45. The Balaban J connectivity index is 2.31. The summed E-state index contributed by atoms with van der Waals surface area (Å²) in [6, 6.07) is 2.53. The van der Waals surface area contributed by atoms with Crippen molar-refractivity contribution in [2.45, 2.75) is 33.2 Å². The van der Waals surface area contributed by atoms with Gasteiger partial charge in [0.05, 0.1) is 5.69 Å². The Bertz CT molecular complexity index is 499. The topological polar surface area (TPSA) is 37.8 Å². The fourth-order valence-corrected chi connectivity index (χ4v) is 2.79. The second-order valence-corrected chi connectivity index (χ2v) is 6.27. The molecule has 92 valence electrons. The van der Waals surface area contributed by atoms with E-state index in [4.69, 9.17) is 0 Å². The van der Waals surface area contributed by atoms with Crippen molar-refractivity contribution in [1.82, 2.24) is 15.3 Å². The minimum atomic E-state index is 0.224. The molecule has 0 aliphatic carbocycles. The SMILES string of the molecule is CNC(Cc1ncnc2sccc12)C(C)(C)C. The number of nitrogens with one attached hydrogen (secondary N) is 1. The molecule has 0 fully saturated rings. The number of aromatic nitrogens is 2. The zero-order valence-corrected chi connectivity index (χ0v) is 11.6. The van der Waals surface area contributed by atoms with Crippen LogP contribution < -0.4 is 5.32 Å². The van der Waals surface area contributed by atoms with Gasteiger partial charge in [-0.1, -0.05) is 20.8 Å². The molecule has 1 unspecified atom stereocenters. The average Bonchev–Trinajstić information content (AvgIpc) is 2.72. The zero-order valence-electron chi connectivity index (χ0n) is 10.8. The van der Waals surface area contributed by atoms with Crippen LogP contribution in [0.15, 0.2) is 17.8 Å². The van der Waals surface area contributed by atoms with Crippen LogP contribution >= 0.6 is 11.3 Å². The lowest BCUT2D eigenvalue weighted by Gasteiger charge is -2.30. The molecule has 0 amide bonds. The first-order valence-electron chi connectivity index (χ1n) is 5.86. The van der Waals surface area contributed by atoms with E-state index in [0.29, 0.717) is 6.04 Å². The summed E-state index contributed by atoms with van der Waals surface area (Å²) in [5.41, 5.74) is 1.37. The van der Waals surface area contributed by atoms with Crippen LogP contribution in [0.1, 0.15) is 26.5 Å². The van der Waals surface area contributed by atoms with Crippen molar-refractivity contribution in [2.75, 3.05) is 7.05 Å². The summed E-state index contributed by atoms with van der Waals surface area (Å²) < 4.78 is 0. The van der Waals surface area contributed by atoms with Gasteiger partial charge in [-0.3, -0.25) is 0 Å². The fraction of sp³-hybridized carbons (Fsp3) is 0.538. The van der Waals surface area contributed by atoms with Crippen molar-refractivity contribution >= 4 is 21.6 Å². The summed E-state index contributed by atoms with van der Waals surface area (Å²) in [7, 11) is 2.02. The molecule has 2 aromatic heterocycles.